The number of nitrogens with one attached hydrogen (secondary N) is 1. The SMILES string of the molecule is COC(=O)C[C@@H](C[C@@H](O)[C@@H](C)N)N[C@H](C)c1ccccc1. The van der Waals surface area contributed by atoms with Gasteiger partial charge in [0.05, 0.1) is 19.6 Å². The number of hydrogen-bond donors (Lipinski definition) is 3. The van der Waals surface area contributed by atoms with Gasteiger partial charge >= 0.3 is 5.97 Å². The molecular formula is C16H26N2O3. The Kier molecular flexibility index (Phi) is 7.36. The number of nitrogens with two attached hydrogens (primary N) is 1. The highest BCUT2D eigenvalue weighted by Gasteiger charge is 2.22. The van der Waals surface area contributed by atoms with E-state index < -0.39 is 6.10 Å². The van der Waals surface area contributed by atoms with Crippen LogP contribution in [0.2, 0.25) is 0 Å². The zero-order valence-electron chi connectivity index (χ0n) is 13.0. The van der Waals surface area contributed by atoms with Gasteiger partial charge in [-0.05, 0) is 25.8 Å². The molecule has 0 aliphatic carbocycles. The van der Waals surface area contributed by atoms with E-state index in [1.807, 2.05) is 37.3 Å². The number of methoxy groups -OCH3 is 1. The van der Waals surface area contributed by atoms with Crippen molar-refractivity contribution in [2.75, 3.05) is 7.11 Å². The fourth-order valence-electron chi connectivity index (χ4n) is 2.19. The van der Waals surface area contributed by atoms with Gasteiger partial charge in [-0.3, -0.25) is 4.79 Å². The molecule has 0 unspecified atom stereocenters. The van der Waals surface area contributed by atoms with Crippen LogP contribution in [0.25, 0.3) is 0 Å². The van der Waals surface area contributed by atoms with Crippen molar-refractivity contribution in [3.05, 3.63) is 35.9 Å². The van der Waals surface area contributed by atoms with Crippen molar-refractivity contribution in [2.45, 2.75) is 50.9 Å². The summed E-state index contributed by atoms with van der Waals surface area (Å²) in [6.07, 6.45) is -0.0448. The minimum absolute atomic E-state index is 0.0705. The molecule has 5 heteroatoms. The number of carbonyl (C=O) groups excluding carboxylic acids is 1. The fourth-order valence-corrected chi connectivity index (χ4v) is 2.19. The van der Waals surface area contributed by atoms with Crippen molar-refractivity contribution in [3.8, 4) is 0 Å². The maximum Gasteiger partial charge on any atom is 0.307 e. The van der Waals surface area contributed by atoms with Gasteiger partial charge in [0, 0.05) is 18.1 Å². The van der Waals surface area contributed by atoms with Crippen molar-refractivity contribution in [1.82, 2.24) is 5.32 Å². The average Bonchev–Trinajstić information content (AvgIpc) is 2.47. The number of ether oxygens (including phenoxy) is 1. The van der Waals surface area contributed by atoms with E-state index in [0.29, 0.717) is 6.42 Å². The summed E-state index contributed by atoms with van der Waals surface area (Å²) in [6.45, 7) is 3.78. The van der Waals surface area contributed by atoms with Gasteiger partial charge in [-0.2, -0.15) is 0 Å². The maximum atomic E-state index is 11.5. The standard InChI is InChI=1S/C16H26N2O3/c1-11(17)15(19)9-14(10-16(20)21-3)18-12(2)13-7-5-4-6-8-13/h4-8,11-12,14-15,18-19H,9-10,17H2,1-3H3/t11-,12-,14-,15-/m1/s1. The highest BCUT2D eigenvalue weighted by atomic mass is 16.5. The maximum absolute atomic E-state index is 11.5. The summed E-state index contributed by atoms with van der Waals surface area (Å²) in [5, 5.41) is 13.3. The van der Waals surface area contributed by atoms with Crippen molar-refractivity contribution < 1.29 is 14.6 Å². The Morgan fingerprint density at radius 3 is 2.48 bits per heavy atom. The molecule has 0 bridgehead atoms. The number of aliphatic hydroxyl groups is 1. The quantitative estimate of drug-likeness (QED) is 0.631. The molecule has 0 aliphatic heterocycles. The second-order valence-corrected chi connectivity index (χ2v) is 5.44. The highest BCUT2D eigenvalue weighted by molar-refractivity contribution is 5.69. The summed E-state index contributed by atoms with van der Waals surface area (Å²) in [4.78, 5) is 11.5. The summed E-state index contributed by atoms with van der Waals surface area (Å²) in [6, 6.07) is 9.50. The molecule has 0 spiro atoms. The largest absolute Gasteiger partial charge is 0.469 e. The van der Waals surface area contributed by atoms with Crippen molar-refractivity contribution in [1.29, 1.82) is 0 Å². The van der Waals surface area contributed by atoms with Crippen LogP contribution in [0.4, 0.5) is 0 Å². The van der Waals surface area contributed by atoms with Crippen LogP contribution < -0.4 is 11.1 Å². The van der Waals surface area contributed by atoms with Crippen LogP contribution in [-0.2, 0) is 9.53 Å². The predicted octanol–water partition coefficient (Wildman–Crippen LogP) is 1.37. The molecule has 1 rings (SSSR count). The lowest BCUT2D eigenvalue weighted by Gasteiger charge is -2.26. The van der Waals surface area contributed by atoms with Gasteiger partial charge in [0.15, 0.2) is 0 Å². The molecule has 0 amide bonds. The van der Waals surface area contributed by atoms with Crippen LogP contribution in [0.3, 0.4) is 0 Å². The van der Waals surface area contributed by atoms with Gasteiger partial charge in [0.2, 0.25) is 0 Å². The van der Waals surface area contributed by atoms with Crippen molar-refractivity contribution >= 4 is 5.97 Å². The lowest BCUT2D eigenvalue weighted by molar-refractivity contribution is -0.141. The summed E-state index contributed by atoms with van der Waals surface area (Å²) in [5.41, 5.74) is 6.82. The first kappa shape index (κ1) is 17.6. The van der Waals surface area contributed by atoms with E-state index >= 15 is 0 Å². The number of carbonyl (C=O) groups is 1. The summed E-state index contributed by atoms with van der Waals surface area (Å²) in [7, 11) is 1.36. The lowest BCUT2D eigenvalue weighted by atomic mass is 9.99. The Balaban J connectivity index is 2.69. The third-order valence-corrected chi connectivity index (χ3v) is 3.56. The van der Waals surface area contributed by atoms with E-state index in [4.69, 9.17) is 10.5 Å². The molecule has 0 radical (unpaired) electrons. The number of rotatable bonds is 8. The van der Waals surface area contributed by atoms with Gasteiger partial charge in [0.1, 0.15) is 0 Å². The fraction of sp³-hybridized carbons (Fsp3) is 0.562. The topological polar surface area (TPSA) is 84.6 Å². The Hall–Kier alpha value is -1.43. The Bertz CT molecular complexity index is 423. The zero-order valence-corrected chi connectivity index (χ0v) is 13.0. The Morgan fingerprint density at radius 1 is 1.33 bits per heavy atom. The minimum Gasteiger partial charge on any atom is -0.469 e. The summed E-state index contributed by atoms with van der Waals surface area (Å²) < 4.78 is 4.72. The smallest absolute Gasteiger partial charge is 0.307 e. The number of hydrogen-bond acceptors (Lipinski definition) is 5. The third kappa shape index (κ3) is 6.25. The molecule has 0 saturated heterocycles. The van der Waals surface area contributed by atoms with Crippen molar-refractivity contribution in [3.63, 3.8) is 0 Å². The molecule has 4 N–H and O–H groups in total. The highest BCUT2D eigenvalue weighted by Crippen LogP contribution is 2.16. The first-order valence-electron chi connectivity index (χ1n) is 7.25. The summed E-state index contributed by atoms with van der Waals surface area (Å²) in [5.74, 6) is -0.301. The molecule has 0 fully saturated rings. The van der Waals surface area contributed by atoms with Crippen molar-refractivity contribution in [2.24, 2.45) is 5.73 Å². The Labute approximate surface area is 126 Å². The van der Waals surface area contributed by atoms with E-state index in [-0.39, 0.29) is 30.5 Å². The molecule has 0 aliphatic rings. The molecule has 118 valence electrons. The second kappa shape index (κ2) is 8.77. The number of esters is 1. The molecule has 1 aromatic rings. The van der Waals surface area contributed by atoms with Crippen LogP contribution >= 0.6 is 0 Å². The third-order valence-electron chi connectivity index (χ3n) is 3.56. The van der Waals surface area contributed by atoms with E-state index in [1.54, 1.807) is 6.92 Å². The van der Waals surface area contributed by atoms with Gasteiger partial charge in [-0.25, -0.2) is 0 Å². The van der Waals surface area contributed by atoms with Crippen LogP contribution in [0.5, 0.6) is 0 Å². The minimum atomic E-state index is -0.657. The first-order valence-corrected chi connectivity index (χ1v) is 7.25. The van der Waals surface area contributed by atoms with E-state index in [1.165, 1.54) is 7.11 Å². The van der Waals surface area contributed by atoms with E-state index in [2.05, 4.69) is 5.32 Å². The average molecular weight is 294 g/mol. The van der Waals surface area contributed by atoms with Gasteiger partial charge in [-0.1, -0.05) is 30.3 Å². The monoisotopic (exact) mass is 294 g/mol. The Morgan fingerprint density at radius 2 is 1.95 bits per heavy atom. The van der Waals surface area contributed by atoms with Gasteiger partial charge in [0.25, 0.3) is 0 Å². The molecule has 0 aromatic heterocycles. The molecule has 0 heterocycles. The van der Waals surface area contributed by atoms with Crippen LogP contribution in [0, 0.1) is 0 Å². The van der Waals surface area contributed by atoms with Gasteiger partial charge < -0.3 is 20.9 Å². The van der Waals surface area contributed by atoms with Gasteiger partial charge in [-0.15, -0.1) is 0 Å². The van der Waals surface area contributed by atoms with Crippen LogP contribution in [-0.4, -0.2) is 36.4 Å². The molecule has 4 atom stereocenters. The molecule has 1 aromatic carbocycles. The lowest BCUT2D eigenvalue weighted by Crippen LogP contribution is -2.41. The molecular weight excluding hydrogens is 268 g/mol. The second-order valence-electron chi connectivity index (χ2n) is 5.44. The molecule has 0 saturated carbocycles. The van der Waals surface area contributed by atoms with E-state index in [0.717, 1.165) is 5.56 Å². The number of aliphatic hydroxyl groups excluding tert-OH is 1. The van der Waals surface area contributed by atoms with E-state index in [9.17, 15) is 9.90 Å². The summed E-state index contributed by atoms with van der Waals surface area (Å²) >= 11 is 0. The molecule has 5 nitrogen and oxygen atoms in total. The van der Waals surface area contributed by atoms with Crippen LogP contribution in [0.1, 0.15) is 38.3 Å². The normalized spacial score (nSPS) is 16.8. The first-order chi connectivity index (χ1) is 9.93. The molecule has 21 heavy (non-hydrogen) atoms. The predicted molar refractivity (Wildman–Crippen MR) is 82.7 cm³/mol. The zero-order chi connectivity index (χ0) is 15.8. The van der Waals surface area contributed by atoms with Crippen LogP contribution in [0.15, 0.2) is 30.3 Å². The number of benzene rings is 1.